The van der Waals surface area contributed by atoms with Gasteiger partial charge in [0.15, 0.2) is 5.69 Å². The van der Waals surface area contributed by atoms with Crippen LogP contribution in [0.1, 0.15) is 112 Å². The van der Waals surface area contributed by atoms with Crippen molar-refractivity contribution < 1.29 is 38.0 Å². The van der Waals surface area contributed by atoms with Crippen molar-refractivity contribution in [1.82, 2.24) is 30.4 Å². The van der Waals surface area contributed by atoms with E-state index in [4.69, 9.17) is 19.5 Å². The summed E-state index contributed by atoms with van der Waals surface area (Å²) in [5.74, 6) is -0.123. The topological polar surface area (TPSA) is 178 Å². The van der Waals surface area contributed by atoms with Crippen molar-refractivity contribution in [3.63, 3.8) is 0 Å². The van der Waals surface area contributed by atoms with E-state index in [0.29, 0.717) is 30.8 Å². The number of likely N-dealkylation sites (tertiary alicyclic amines) is 2. The average molecular weight is 974 g/mol. The molecule has 5 aliphatic rings. The molecule has 2 saturated heterocycles. The quantitative estimate of drug-likeness (QED) is 0.110. The van der Waals surface area contributed by atoms with Crippen LogP contribution in [0.15, 0.2) is 77.9 Å². The van der Waals surface area contributed by atoms with Gasteiger partial charge in [-0.25, -0.2) is 19.4 Å². The lowest BCUT2D eigenvalue weighted by molar-refractivity contribution is -0.289. The normalized spacial score (nSPS) is 20.4. The number of aromatic nitrogens is 2. The van der Waals surface area contributed by atoms with Crippen molar-refractivity contribution in [3.05, 3.63) is 95.4 Å². The fraction of sp³-hybridized carbons (Fsp3) is 0.439. The molecule has 3 aliphatic heterocycles. The third-order valence-electron chi connectivity index (χ3n) is 15.9. The summed E-state index contributed by atoms with van der Waals surface area (Å²) in [5.41, 5.74) is 10.4. The molecule has 10 rings (SSSR count). The lowest BCUT2D eigenvalue weighted by Crippen LogP contribution is -2.53. The highest BCUT2D eigenvalue weighted by atomic mass is 16.5. The summed E-state index contributed by atoms with van der Waals surface area (Å²) < 4.78 is 11.2. The first-order valence-corrected chi connectivity index (χ1v) is 25.7. The first kappa shape index (κ1) is 48.5. The van der Waals surface area contributed by atoms with Gasteiger partial charge in [-0.1, -0.05) is 89.1 Å². The van der Waals surface area contributed by atoms with Crippen LogP contribution in [-0.4, -0.2) is 112 Å². The van der Waals surface area contributed by atoms with Gasteiger partial charge in [0, 0.05) is 18.7 Å². The highest BCUT2D eigenvalue weighted by Gasteiger charge is 2.43. The zero-order valence-corrected chi connectivity index (χ0v) is 42.1. The van der Waals surface area contributed by atoms with E-state index in [1.54, 1.807) is 11.1 Å². The summed E-state index contributed by atoms with van der Waals surface area (Å²) in [6, 6.07) is 21.4. The summed E-state index contributed by atoms with van der Waals surface area (Å²) in [5, 5.41) is 7.67. The highest BCUT2D eigenvalue weighted by Crippen LogP contribution is 2.54. The molecular formula is C57H65N8O7+. The fourth-order valence-electron chi connectivity index (χ4n) is 12.2. The number of aromatic amines is 1. The number of imidazole rings is 1. The van der Waals surface area contributed by atoms with Crippen molar-refractivity contribution in [2.24, 2.45) is 22.2 Å². The molecule has 1 saturated carbocycles. The minimum atomic E-state index is -0.760. The number of amides is 5. The second-order valence-electron chi connectivity index (χ2n) is 21.1. The molecule has 374 valence electrons. The van der Waals surface area contributed by atoms with E-state index in [9.17, 15) is 24.0 Å². The standard InChI is InChI=1S/C57H64N8O7/c1-33(2)49(61-55(69)71-5)53(67)64-25-11-13-36(64)31-63-32-59-46-22-17-35(27-43(46)52(63)66)37-18-19-41(45-29-57(28-44(37)45)23-9-10-24-57)40-20-21-42(39-15-8-7-14-38(39)40)47-30-58-51(60-47)48-16-12-26-65(48)54(68)50(34(3)4)62-56(70)72-6/h7-8,14-15,17-22,27,30-34,36,48-50H,9-13,16,23-26,28-29H2,1-6H3,(H2-,58,60,61,62,69,70)/p+1. The lowest BCUT2D eigenvalue weighted by Gasteiger charge is -2.30. The Bertz CT molecular complexity index is 3040. The molecule has 3 N–H and O–H groups in total. The number of ether oxygens (including phenoxy) is 2. The molecular weight excluding hydrogens is 909 g/mol. The number of alkyl carbamates (subject to hydrolysis) is 2. The summed E-state index contributed by atoms with van der Waals surface area (Å²) in [4.78, 5) is 83.2. The Balaban J connectivity index is 0.956. The van der Waals surface area contributed by atoms with Crippen LogP contribution in [-0.2, 0) is 31.9 Å². The van der Waals surface area contributed by atoms with Crippen LogP contribution in [0.3, 0.4) is 0 Å². The largest absolute Gasteiger partial charge is 0.453 e. The number of fused-ring (bicyclic) bond motifs is 3. The van der Waals surface area contributed by atoms with Gasteiger partial charge < -0.3 is 34.9 Å². The molecule has 0 radical (unpaired) electrons. The van der Waals surface area contributed by atoms with Crippen LogP contribution >= 0.6 is 0 Å². The number of carbonyl (C=O) groups is 5. The molecule has 15 nitrogen and oxygen atoms in total. The highest BCUT2D eigenvalue weighted by molar-refractivity contribution is 6.06. The van der Waals surface area contributed by atoms with Crippen molar-refractivity contribution in [3.8, 4) is 33.5 Å². The Morgan fingerprint density at radius 2 is 1.33 bits per heavy atom. The molecule has 2 aliphatic carbocycles. The fourth-order valence-corrected chi connectivity index (χ4v) is 12.2. The number of carbonyl (C=O) groups excluding carboxylic acids is 5. The van der Waals surface area contributed by atoms with Gasteiger partial charge in [-0.3, -0.25) is 9.59 Å². The SMILES string of the molecule is COC(=O)NC(C(=O)N1CCCC1C=[N+]1C=Nc2ccc(-c3ccc(-c4ccc(-c5cnc(C6CCCN6C(=O)C(NC(=O)OC)C(C)C)[nH]5)c5ccccc45)c4c3CC3(CCCC3)C4)cc2C1=O)C(C)C. The number of hydrogen-bond donors (Lipinski definition) is 3. The van der Waals surface area contributed by atoms with Crippen molar-refractivity contribution in [2.45, 2.75) is 116 Å². The van der Waals surface area contributed by atoms with Gasteiger partial charge in [-0.15, -0.1) is 0 Å². The Morgan fingerprint density at radius 3 is 2.01 bits per heavy atom. The Labute approximate surface area is 420 Å². The molecule has 5 aromatic rings. The molecule has 1 spiro atoms. The van der Waals surface area contributed by atoms with Gasteiger partial charge in [0.2, 0.25) is 11.8 Å². The molecule has 0 bridgehead atoms. The van der Waals surface area contributed by atoms with E-state index >= 15 is 0 Å². The van der Waals surface area contributed by atoms with E-state index in [-0.39, 0.29) is 47.1 Å². The minimum Gasteiger partial charge on any atom is -0.453 e. The number of H-pyrrole nitrogens is 1. The third kappa shape index (κ3) is 8.95. The average Bonchev–Trinajstić information content (AvgIpc) is 4.26. The van der Waals surface area contributed by atoms with Crippen molar-refractivity contribution in [1.29, 1.82) is 0 Å². The van der Waals surface area contributed by atoms with Crippen molar-refractivity contribution >= 4 is 58.9 Å². The van der Waals surface area contributed by atoms with E-state index in [0.717, 1.165) is 71.1 Å². The summed E-state index contributed by atoms with van der Waals surface area (Å²) in [7, 11) is 2.58. The van der Waals surface area contributed by atoms with Crippen LogP contribution < -0.4 is 10.6 Å². The predicted molar refractivity (Wildman–Crippen MR) is 276 cm³/mol. The Kier molecular flexibility index (Phi) is 13.3. The van der Waals surface area contributed by atoms with Gasteiger partial charge in [0.05, 0.1) is 44.4 Å². The van der Waals surface area contributed by atoms with Crippen LogP contribution in [0.25, 0.3) is 44.3 Å². The number of benzene rings is 4. The van der Waals surface area contributed by atoms with Crippen LogP contribution in [0.5, 0.6) is 0 Å². The molecule has 5 amide bonds. The van der Waals surface area contributed by atoms with Crippen LogP contribution in [0, 0.1) is 17.3 Å². The number of aliphatic imine (C=N–C) groups is 1. The second kappa shape index (κ2) is 19.8. The van der Waals surface area contributed by atoms with Crippen LogP contribution in [0.2, 0.25) is 0 Å². The van der Waals surface area contributed by atoms with Gasteiger partial charge in [-0.05, 0) is 136 Å². The molecule has 4 unspecified atom stereocenters. The molecule has 4 aromatic carbocycles. The van der Waals surface area contributed by atoms with Gasteiger partial charge in [0.25, 0.3) is 6.34 Å². The molecule has 1 aromatic heterocycles. The predicted octanol–water partition coefficient (Wildman–Crippen LogP) is 9.54. The molecule has 72 heavy (non-hydrogen) atoms. The van der Waals surface area contributed by atoms with E-state index in [2.05, 4.69) is 70.2 Å². The third-order valence-corrected chi connectivity index (χ3v) is 15.9. The minimum absolute atomic E-state index is 0.129. The molecule has 4 atom stereocenters. The monoisotopic (exact) mass is 973 g/mol. The molecule has 15 heteroatoms. The zero-order valence-electron chi connectivity index (χ0n) is 42.1. The maximum Gasteiger partial charge on any atom is 0.407 e. The first-order chi connectivity index (χ1) is 34.8. The smallest absolute Gasteiger partial charge is 0.407 e. The lowest BCUT2D eigenvalue weighted by atomic mass is 9.82. The summed E-state index contributed by atoms with van der Waals surface area (Å²) in [6.07, 6.45) is 13.8. The molecule has 3 fully saturated rings. The van der Waals surface area contributed by atoms with Gasteiger partial charge >= 0.3 is 18.1 Å². The number of rotatable bonds is 11. The maximum absolute atomic E-state index is 14.4. The zero-order chi connectivity index (χ0) is 50.4. The second-order valence-corrected chi connectivity index (χ2v) is 21.1. The Morgan fingerprint density at radius 1 is 0.736 bits per heavy atom. The maximum atomic E-state index is 14.4. The van der Waals surface area contributed by atoms with Crippen molar-refractivity contribution in [2.75, 3.05) is 27.3 Å². The van der Waals surface area contributed by atoms with Gasteiger partial charge in [0.1, 0.15) is 23.5 Å². The molecule has 4 heterocycles. The first-order valence-electron chi connectivity index (χ1n) is 25.7. The van der Waals surface area contributed by atoms with E-state index < -0.39 is 24.3 Å². The number of hydrogen-bond acceptors (Lipinski definition) is 9. The summed E-state index contributed by atoms with van der Waals surface area (Å²) in [6.45, 7) is 8.69. The van der Waals surface area contributed by atoms with E-state index in [1.165, 1.54) is 73.1 Å². The number of nitrogens with one attached hydrogen (secondary N) is 3. The number of nitrogens with zero attached hydrogens (tertiary/aromatic N) is 5. The summed E-state index contributed by atoms with van der Waals surface area (Å²) >= 11 is 0. The number of methoxy groups -OCH3 is 2. The Hall–Kier alpha value is -7.16. The van der Waals surface area contributed by atoms with Crippen LogP contribution in [0.4, 0.5) is 15.3 Å². The van der Waals surface area contributed by atoms with Gasteiger partial charge in [-0.2, -0.15) is 4.58 Å². The van der Waals surface area contributed by atoms with E-state index in [1.807, 2.05) is 50.9 Å².